The van der Waals surface area contributed by atoms with Gasteiger partial charge in [-0.15, -0.1) is 0 Å². The molecule has 7 nitrogen and oxygen atoms in total. The van der Waals surface area contributed by atoms with Gasteiger partial charge in [-0.2, -0.15) is 0 Å². The van der Waals surface area contributed by atoms with E-state index in [2.05, 4.69) is 4.72 Å². The van der Waals surface area contributed by atoms with Crippen molar-refractivity contribution in [1.82, 2.24) is 4.90 Å². The van der Waals surface area contributed by atoms with Crippen molar-refractivity contribution in [2.45, 2.75) is 37.6 Å². The predicted molar refractivity (Wildman–Crippen MR) is 129 cm³/mol. The summed E-state index contributed by atoms with van der Waals surface area (Å²) in [5.41, 5.74) is 1.58. The summed E-state index contributed by atoms with van der Waals surface area (Å²) in [6.45, 7) is 6.16. The van der Waals surface area contributed by atoms with E-state index in [1.54, 1.807) is 24.3 Å². The Kier molecular flexibility index (Phi) is 5.99. The molecule has 1 aromatic heterocycles. The third-order valence-electron chi connectivity index (χ3n) is 5.74. The average molecular weight is 499 g/mol. The topological polar surface area (TPSA) is 87.4 Å². The van der Waals surface area contributed by atoms with Gasteiger partial charge in [-0.05, 0) is 40.8 Å². The van der Waals surface area contributed by atoms with Crippen LogP contribution in [0.4, 0.5) is 5.69 Å². The Balaban J connectivity index is 1.67. The van der Waals surface area contributed by atoms with Crippen molar-refractivity contribution in [3.05, 3.63) is 88.2 Å². The van der Waals surface area contributed by atoms with Crippen molar-refractivity contribution in [1.29, 1.82) is 0 Å². The Hall–Kier alpha value is -3.23. The lowest BCUT2D eigenvalue weighted by atomic mass is 9.87. The Morgan fingerprint density at radius 1 is 0.912 bits per heavy atom. The second kappa shape index (κ2) is 8.52. The second-order valence-electron chi connectivity index (χ2n) is 9.29. The van der Waals surface area contributed by atoms with Gasteiger partial charge < -0.3 is 0 Å². The predicted octanol–water partition coefficient (Wildman–Crippen LogP) is 4.06. The van der Waals surface area contributed by atoms with E-state index in [0.29, 0.717) is 0 Å². The second-order valence-corrected chi connectivity index (χ2v) is 11.4. The standard InChI is InChI=1S/C25H24ClN3O4S/c1-25(2,3)17-5-7-18(8-6-17)34(32,33)27-20-10-9-19(26)21-22(20)24(31)29(23(21)30)15-16-11-13-28(4)14-12-16/h5-14H,15H2,1-4H3/p+1. The third kappa shape index (κ3) is 4.43. The number of amides is 2. The zero-order valence-corrected chi connectivity index (χ0v) is 20.9. The van der Waals surface area contributed by atoms with Crippen LogP contribution in [0.25, 0.3) is 0 Å². The number of aromatic nitrogens is 1. The maximum atomic E-state index is 13.2. The molecule has 1 aliphatic heterocycles. The number of pyridine rings is 1. The van der Waals surface area contributed by atoms with Gasteiger partial charge in [0.15, 0.2) is 12.4 Å². The summed E-state index contributed by atoms with van der Waals surface area (Å²) >= 11 is 6.26. The number of hydrogen-bond acceptors (Lipinski definition) is 4. The lowest BCUT2D eigenvalue weighted by molar-refractivity contribution is -0.671. The molecule has 4 rings (SSSR count). The van der Waals surface area contributed by atoms with Crippen LogP contribution in [0.5, 0.6) is 0 Å². The van der Waals surface area contributed by atoms with Gasteiger partial charge in [0.25, 0.3) is 21.8 Å². The molecule has 0 saturated carbocycles. The number of anilines is 1. The molecule has 1 aliphatic rings. The van der Waals surface area contributed by atoms with Crippen molar-refractivity contribution in [2.24, 2.45) is 7.05 Å². The van der Waals surface area contributed by atoms with Gasteiger partial charge in [0.05, 0.1) is 33.3 Å². The Morgan fingerprint density at radius 3 is 2.09 bits per heavy atom. The minimum Gasteiger partial charge on any atom is -0.279 e. The molecule has 0 atom stereocenters. The van der Waals surface area contributed by atoms with Crippen molar-refractivity contribution >= 4 is 39.1 Å². The molecule has 0 bridgehead atoms. The van der Waals surface area contributed by atoms with Crippen LogP contribution >= 0.6 is 11.6 Å². The monoisotopic (exact) mass is 498 g/mol. The van der Waals surface area contributed by atoms with Gasteiger partial charge >= 0.3 is 0 Å². The Morgan fingerprint density at radius 2 is 1.50 bits per heavy atom. The molecule has 3 aromatic rings. The van der Waals surface area contributed by atoms with Crippen molar-refractivity contribution in [3.63, 3.8) is 0 Å². The molecule has 1 N–H and O–H groups in total. The van der Waals surface area contributed by atoms with E-state index in [4.69, 9.17) is 11.6 Å². The minimum atomic E-state index is -4.01. The molecule has 9 heteroatoms. The van der Waals surface area contributed by atoms with E-state index in [0.717, 1.165) is 16.0 Å². The summed E-state index contributed by atoms with van der Waals surface area (Å²) in [7, 11) is -2.15. The van der Waals surface area contributed by atoms with Crippen molar-refractivity contribution in [3.8, 4) is 0 Å². The lowest BCUT2D eigenvalue weighted by Crippen LogP contribution is -2.31. The molecule has 2 aromatic carbocycles. The van der Waals surface area contributed by atoms with Crippen molar-refractivity contribution < 1.29 is 22.6 Å². The molecule has 0 spiro atoms. The first-order valence-electron chi connectivity index (χ1n) is 10.6. The van der Waals surface area contributed by atoms with E-state index in [9.17, 15) is 18.0 Å². The normalized spacial score (nSPS) is 13.9. The molecular formula is C25H25ClN3O4S+. The van der Waals surface area contributed by atoms with Crippen LogP contribution in [0.15, 0.2) is 65.8 Å². The number of aryl methyl sites for hydroxylation is 1. The number of imide groups is 1. The highest BCUT2D eigenvalue weighted by Crippen LogP contribution is 2.36. The highest BCUT2D eigenvalue weighted by Gasteiger charge is 2.40. The number of nitrogens with one attached hydrogen (secondary N) is 1. The van der Waals surface area contributed by atoms with Crippen molar-refractivity contribution in [2.75, 3.05) is 4.72 Å². The first kappa shape index (κ1) is 23.9. The molecule has 0 aliphatic carbocycles. The quantitative estimate of drug-likeness (QED) is 0.424. The molecule has 2 amide bonds. The molecule has 176 valence electrons. The summed E-state index contributed by atoms with van der Waals surface area (Å²) in [4.78, 5) is 27.4. The molecule has 2 heterocycles. The van der Waals surface area contributed by atoms with Gasteiger partial charge in [-0.3, -0.25) is 19.2 Å². The lowest BCUT2D eigenvalue weighted by Gasteiger charge is -2.19. The van der Waals surface area contributed by atoms with E-state index in [-0.39, 0.29) is 38.7 Å². The van der Waals surface area contributed by atoms with Crippen LogP contribution in [0.3, 0.4) is 0 Å². The molecule has 0 saturated heterocycles. The van der Waals surface area contributed by atoms with Gasteiger partial charge in [0.1, 0.15) is 7.05 Å². The number of halogens is 1. The summed E-state index contributed by atoms with van der Waals surface area (Å²) < 4.78 is 30.5. The summed E-state index contributed by atoms with van der Waals surface area (Å²) in [6, 6.07) is 13.0. The highest BCUT2D eigenvalue weighted by molar-refractivity contribution is 7.92. The van der Waals surface area contributed by atoms with Crippen LogP contribution in [0.2, 0.25) is 5.02 Å². The zero-order valence-electron chi connectivity index (χ0n) is 19.3. The van der Waals surface area contributed by atoms with Crippen LogP contribution in [-0.2, 0) is 29.0 Å². The van der Waals surface area contributed by atoms with Crippen LogP contribution < -0.4 is 9.29 Å². The van der Waals surface area contributed by atoms with E-state index < -0.39 is 21.8 Å². The maximum absolute atomic E-state index is 13.2. The molecule has 0 fully saturated rings. The SMILES string of the molecule is C[n+]1ccc(CN2C(=O)c3c(Cl)ccc(NS(=O)(=O)c4ccc(C(C)(C)C)cc4)c3C2=O)cc1. The number of sulfonamides is 1. The molecular weight excluding hydrogens is 474 g/mol. The largest absolute Gasteiger partial charge is 0.279 e. The summed E-state index contributed by atoms with van der Waals surface area (Å²) in [5, 5.41) is 0.0905. The first-order chi connectivity index (χ1) is 15.9. The number of hydrogen-bond donors (Lipinski definition) is 1. The van der Waals surface area contributed by atoms with Gasteiger partial charge in [0.2, 0.25) is 0 Å². The van der Waals surface area contributed by atoms with E-state index in [1.165, 1.54) is 24.3 Å². The van der Waals surface area contributed by atoms with Crippen LogP contribution in [0.1, 0.15) is 52.6 Å². The van der Waals surface area contributed by atoms with E-state index in [1.807, 2.05) is 44.8 Å². The highest BCUT2D eigenvalue weighted by atomic mass is 35.5. The average Bonchev–Trinajstić information content (AvgIpc) is 3.02. The molecule has 34 heavy (non-hydrogen) atoms. The number of rotatable bonds is 5. The number of carbonyl (C=O) groups excluding carboxylic acids is 2. The van der Waals surface area contributed by atoms with Gasteiger partial charge in [-0.25, -0.2) is 13.0 Å². The number of fused-ring (bicyclic) bond motifs is 1. The summed E-state index contributed by atoms with van der Waals surface area (Å²) in [5.74, 6) is -1.16. The Labute approximate surface area is 204 Å². The first-order valence-corrected chi connectivity index (χ1v) is 12.5. The zero-order chi connectivity index (χ0) is 24.8. The van der Waals surface area contributed by atoms with E-state index >= 15 is 0 Å². The molecule has 0 radical (unpaired) electrons. The third-order valence-corrected chi connectivity index (χ3v) is 7.43. The fraction of sp³-hybridized carbons (Fsp3) is 0.240. The minimum absolute atomic E-state index is 0.00330. The number of carbonyl (C=O) groups is 2. The smallest absolute Gasteiger partial charge is 0.264 e. The van der Waals surface area contributed by atoms with Crippen LogP contribution in [-0.4, -0.2) is 25.1 Å². The summed E-state index contributed by atoms with van der Waals surface area (Å²) in [6.07, 6.45) is 3.62. The van der Waals surface area contributed by atoms with Gasteiger partial charge in [-0.1, -0.05) is 44.5 Å². The van der Waals surface area contributed by atoms with Gasteiger partial charge in [0, 0.05) is 12.1 Å². The fourth-order valence-electron chi connectivity index (χ4n) is 3.76. The Bertz CT molecular complexity index is 1390. The molecule has 0 unspecified atom stereocenters. The van der Waals surface area contributed by atoms with Crippen LogP contribution in [0, 0.1) is 0 Å². The maximum Gasteiger partial charge on any atom is 0.264 e. The fourth-order valence-corrected chi connectivity index (χ4v) is 5.07. The number of benzene rings is 2. The number of nitrogens with zero attached hydrogens (tertiary/aromatic N) is 2.